The second-order valence-corrected chi connectivity index (χ2v) is 3.34. The number of hydrogen-bond donors (Lipinski definition) is 3. The van der Waals surface area contributed by atoms with Crippen molar-refractivity contribution in [1.82, 2.24) is 0 Å². The molecule has 0 amide bonds. The van der Waals surface area contributed by atoms with E-state index in [1.165, 1.54) is 0 Å². The van der Waals surface area contributed by atoms with Crippen molar-refractivity contribution in [2.75, 3.05) is 6.61 Å². The second-order valence-electron chi connectivity index (χ2n) is 3.34. The van der Waals surface area contributed by atoms with Crippen molar-refractivity contribution in [3.8, 4) is 0 Å². The maximum Gasteiger partial charge on any atom is 0.340 e. The Labute approximate surface area is 88.0 Å². The maximum absolute atomic E-state index is 11.3. The van der Waals surface area contributed by atoms with Crippen LogP contribution >= 0.6 is 0 Å². The minimum atomic E-state index is -2.38. The molecule has 88 valence electrons. The highest BCUT2D eigenvalue weighted by Gasteiger charge is 2.48. The van der Waals surface area contributed by atoms with Crippen LogP contribution in [0.5, 0.6) is 0 Å². The molecule has 2 atom stereocenters. The van der Waals surface area contributed by atoms with Gasteiger partial charge in [-0.05, 0) is 13.3 Å². The highest BCUT2D eigenvalue weighted by atomic mass is 16.5. The molecule has 0 spiro atoms. The number of aliphatic carboxylic acids is 1. The van der Waals surface area contributed by atoms with E-state index in [4.69, 9.17) is 15.9 Å². The van der Waals surface area contributed by atoms with E-state index >= 15 is 0 Å². The summed E-state index contributed by atoms with van der Waals surface area (Å²) in [5, 5.41) is 17.9. The van der Waals surface area contributed by atoms with Gasteiger partial charge in [0.05, 0.1) is 12.7 Å². The number of carboxylic acid groups (broad SMARTS) is 1. The van der Waals surface area contributed by atoms with E-state index in [1.54, 1.807) is 0 Å². The maximum atomic E-state index is 11.3. The van der Waals surface area contributed by atoms with E-state index in [0.29, 0.717) is 6.42 Å². The van der Waals surface area contributed by atoms with Gasteiger partial charge in [0.25, 0.3) is 0 Å². The van der Waals surface area contributed by atoms with Crippen LogP contribution in [0.25, 0.3) is 0 Å². The fourth-order valence-electron chi connectivity index (χ4n) is 0.865. The van der Waals surface area contributed by atoms with Gasteiger partial charge in [-0.25, -0.2) is 9.59 Å². The molecule has 0 bridgehead atoms. The minimum Gasteiger partial charge on any atom is -0.479 e. The molecule has 0 radical (unpaired) electrons. The number of esters is 1. The van der Waals surface area contributed by atoms with E-state index in [0.717, 1.165) is 13.3 Å². The zero-order valence-electron chi connectivity index (χ0n) is 8.90. The van der Waals surface area contributed by atoms with E-state index in [-0.39, 0.29) is 6.61 Å². The van der Waals surface area contributed by atoms with E-state index in [1.807, 2.05) is 6.92 Å². The largest absolute Gasteiger partial charge is 0.479 e. The van der Waals surface area contributed by atoms with Crippen molar-refractivity contribution in [3.63, 3.8) is 0 Å². The number of hydrogen-bond acceptors (Lipinski definition) is 5. The molecule has 0 saturated carbocycles. The summed E-state index contributed by atoms with van der Waals surface area (Å²) >= 11 is 0. The van der Waals surface area contributed by atoms with Crippen molar-refractivity contribution in [1.29, 1.82) is 0 Å². The van der Waals surface area contributed by atoms with E-state index in [9.17, 15) is 9.59 Å². The number of carbonyl (C=O) groups is 2. The molecule has 4 N–H and O–H groups in total. The average molecular weight is 219 g/mol. The molecule has 0 aliphatic rings. The number of nitrogens with two attached hydrogens (primary N) is 1. The van der Waals surface area contributed by atoms with Gasteiger partial charge in [0, 0.05) is 0 Å². The number of carboxylic acids is 1. The Morgan fingerprint density at radius 1 is 1.53 bits per heavy atom. The summed E-state index contributed by atoms with van der Waals surface area (Å²) < 4.78 is 4.67. The zero-order valence-corrected chi connectivity index (χ0v) is 8.90. The van der Waals surface area contributed by atoms with Crippen LogP contribution in [0.15, 0.2) is 0 Å². The Morgan fingerprint density at radius 3 is 2.40 bits per heavy atom. The lowest BCUT2D eigenvalue weighted by molar-refractivity contribution is -0.166. The molecule has 15 heavy (non-hydrogen) atoms. The highest BCUT2D eigenvalue weighted by Crippen LogP contribution is 2.10. The molecule has 2 unspecified atom stereocenters. The molecule has 0 aromatic rings. The van der Waals surface area contributed by atoms with Gasteiger partial charge in [-0.2, -0.15) is 0 Å². The molecule has 6 heteroatoms. The molecule has 0 aromatic heterocycles. The van der Waals surface area contributed by atoms with Gasteiger partial charge < -0.3 is 20.7 Å². The molecule has 0 rings (SSSR count). The number of aliphatic hydroxyl groups is 1. The first-order valence-electron chi connectivity index (χ1n) is 4.74. The van der Waals surface area contributed by atoms with Crippen LogP contribution < -0.4 is 5.73 Å². The number of carbonyl (C=O) groups excluding carboxylic acids is 1. The molecule has 0 fully saturated rings. The molecule has 6 nitrogen and oxygen atoms in total. The first-order chi connectivity index (χ1) is 6.87. The molecule has 0 aliphatic carbocycles. The first-order valence-corrected chi connectivity index (χ1v) is 4.74. The Bertz CT molecular complexity index is 241. The SMILES string of the molecule is CCCCOC(=O)C(N)(C(=O)O)C(C)O. The third-order valence-electron chi connectivity index (χ3n) is 2.08. The molecule has 0 saturated heterocycles. The fourth-order valence-corrected chi connectivity index (χ4v) is 0.865. The van der Waals surface area contributed by atoms with E-state index in [2.05, 4.69) is 4.74 Å². The van der Waals surface area contributed by atoms with Crippen LogP contribution in [-0.4, -0.2) is 40.4 Å². The summed E-state index contributed by atoms with van der Waals surface area (Å²) in [7, 11) is 0. The Morgan fingerprint density at radius 2 is 2.07 bits per heavy atom. The zero-order chi connectivity index (χ0) is 12.1. The summed E-state index contributed by atoms with van der Waals surface area (Å²) in [6.07, 6.45) is -0.0717. The van der Waals surface area contributed by atoms with Gasteiger partial charge in [0.15, 0.2) is 0 Å². The summed E-state index contributed by atoms with van der Waals surface area (Å²) in [4.78, 5) is 22.1. The lowest BCUT2D eigenvalue weighted by Crippen LogP contribution is -2.62. The number of ether oxygens (including phenoxy) is 1. The lowest BCUT2D eigenvalue weighted by atomic mass is 9.95. The number of aliphatic hydroxyl groups excluding tert-OH is 1. The summed E-state index contributed by atoms with van der Waals surface area (Å²) in [5.74, 6) is -2.71. The minimum absolute atomic E-state index is 0.105. The predicted octanol–water partition coefficient (Wildman–Crippen LogP) is -0.507. The van der Waals surface area contributed by atoms with Gasteiger partial charge in [-0.1, -0.05) is 13.3 Å². The highest BCUT2D eigenvalue weighted by molar-refractivity contribution is 6.04. The van der Waals surface area contributed by atoms with Crippen LogP contribution in [0.2, 0.25) is 0 Å². The Hall–Kier alpha value is -1.14. The quantitative estimate of drug-likeness (QED) is 0.315. The average Bonchev–Trinajstić information content (AvgIpc) is 2.15. The van der Waals surface area contributed by atoms with Gasteiger partial charge in [0.1, 0.15) is 0 Å². The van der Waals surface area contributed by atoms with Crippen molar-refractivity contribution >= 4 is 11.9 Å². The standard InChI is InChI=1S/C9H17NO5/c1-3-4-5-15-8(14)9(10,6(2)11)7(12)13/h6,11H,3-5,10H2,1-2H3,(H,12,13). The third kappa shape index (κ3) is 3.17. The summed E-state index contributed by atoms with van der Waals surface area (Å²) in [6.45, 7) is 3.14. The summed E-state index contributed by atoms with van der Waals surface area (Å²) in [6, 6.07) is 0. The topological polar surface area (TPSA) is 110 Å². The van der Waals surface area contributed by atoms with Gasteiger partial charge in [-0.3, -0.25) is 0 Å². The van der Waals surface area contributed by atoms with Crippen molar-refractivity contribution in [2.45, 2.75) is 38.3 Å². The van der Waals surface area contributed by atoms with Crippen LogP contribution in [0, 0.1) is 0 Å². The monoisotopic (exact) mass is 219 g/mol. The summed E-state index contributed by atoms with van der Waals surface area (Å²) in [5.41, 5.74) is 2.90. The lowest BCUT2D eigenvalue weighted by Gasteiger charge is -2.25. The van der Waals surface area contributed by atoms with Crippen LogP contribution in [-0.2, 0) is 14.3 Å². The first kappa shape index (κ1) is 13.9. The van der Waals surface area contributed by atoms with Crippen molar-refractivity contribution in [3.05, 3.63) is 0 Å². The molecular weight excluding hydrogens is 202 g/mol. The number of unbranched alkanes of at least 4 members (excludes halogenated alkanes) is 1. The normalized spacial score (nSPS) is 16.5. The second kappa shape index (κ2) is 5.67. The van der Waals surface area contributed by atoms with E-state index < -0.39 is 23.6 Å². The van der Waals surface area contributed by atoms with Crippen LogP contribution in [0.4, 0.5) is 0 Å². The van der Waals surface area contributed by atoms with Crippen LogP contribution in [0.1, 0.15) is 26.7 Å². The molecular formula is C9H17NO5. The van der Waals surface area contributed by atoms with Gasteiger partial charge >= 0.3 is 11.9 Å². The Kier molecular flexibility index (Phi) is 5.24. The molecule has 0 heterocycles. The third-order valence-corrected chi connectivity index (χ3v) is 2.08. The van der Waals surface area contributed by atoms with Gasteiger partial charge in [-0.15, -0.1) is 0 Å². The van der Waals surface area contributed by atoms with Gasteiger partial charge in [0.2, 0.25) is 5.54 Å². The fraction of sp³-hybridized carbons (Fsp3) is 0.778. The molecule has 0 aromatic carbocycles. The predicted molar refractivity (Wildman–Crippen MR) is 52.1 cm³/mol. The smallest absolute Gasteiger partial charge is 0.340 e. The van der Waals surface area contributed by atoms with Crippen molar-refractivity contribution in [2.24, 2.45) is 5.73 Å². The Balaban J connectivity index is 4.51. The number of rotatable bonds is 6. The molecule has 0 aliphatic heterocycles. The van der Waals surface area contributed by atoms with Crippen LogP contribution in [0.3, 0.4) is 0 Å². The van der Waals surface area contributed by atoms with Crippen molar-refractivity contribution < 1.29 is 24.5 Å².